The Kier molecular flexibility index (Phi) is 3.60. The third-order valence-corrected chi connectivity index (χ3v) is 4.12. The summed E-state index contributed by atoms with van der Waals surface area (Å²) in [5.74, 6) is 0.262. The first-order chi connectivity index (χ1) is 8.49. The lowest BCUT2D eigenvalue weighted by Gasteiger charge is -2.32. The first kappa shape index (κ1) is 12.9. The molecule has 7 heteroatoms. The third kappa shape index (κ3) is 2.84. The summed E-state index contributed by atoms with van der Waals surface area (Å²) in [6.07, 6.45) is 1.45. The van der Waals surface area contributed by atoms with Gasteiger partial charge in [-0.3, -0.25) is 9.59 Å². The SMILES string of the molecule is CC1(C)SCC(C(=O)NCc2ccon2)NC1=O. The molecule has 0 aromatic carbocycles. The Hall–Kier alpha value is -1.50. The number of hydrogen-bond donors (Lipinski definition) is 2. The molecule has 1 unspecified atom stereocenters. The summed E-state index contributed by atoms with van der Waals surface area (Å²) in [7, 11) is 0. The highest BCUT2D eigenvalue weighted by Crippen LogP contribution is 2.28. The van der Waals surface area contributed by atoms with Gasteiger partial charge in [-0.1, -0.05) is 5.16 Å². The molecule has 98 valence electrons. The number of nitrogens with zero attached hydrogens (tertiary/aromatic N) is 1. The minimum Gasteiger partial charge on any atom is -0.364 e. The summed E-state index contributed by atoms with van der Waals surface area (Å²) in [6.45, 7) is 3.99. The van der Waals surface area contributed by atoms with Crippen LogP contribution in [0.5, 0.6) is 0 Å². The first-order valence-electron chi connectivity index (χ1n) is 5.61. The molecular formula is C11H15N3O3S. The second kappa shape index (κ2) is 5.01. The molecule has 2 amide bonds. The standard InChI is InChI=1S/C11H15N3O3S/c1-11(2)10(16)13-8(6-18-11)9(15)12-5-7-3-4-17-14-7/h3-4,8H,5-6H2,1-2H3,(H,12,15)(H,13,16). The van der Waals surface area contributed by atoms with Crippen molar-refractivity contribution in [1.29, 1.82) is 0 Å². The predicted molar refractivity (Wildman–Crippen MR) is 66.8 cm³/mol. The fourth-order valence-electron chi connectivity index (χ4n) is 1.50. The van der Waals surface area contributed by atoms with Gasteiger partial charge in [-0.15, -0.1) is 11.8 Å². The molecule has 0 saturated carbocycles. The van der Waals surface area contributed by atoms with E-state index in [9.17, 15) is 9.59 Å². The van der Waals surface area contributed by atoms with Crippen LogP contribution in [0.4, 0.5) is 0 Å². The fraction of sp³-hybridized carbons (Fsp3) is 0.545. The largest absolute Gasteiger partial charge is 0.364 e. The smallest absolute Gasteiger partial charge is 0.243 e. The lowest BCUT2D eigenvalue weighted by atomic mass is 10.1. The number of nitrogens with one attached hydrogen (secondary N) is 2. The minimum atomic E-state index is -0.484. The van der Waals surface area contributed by atoms with Gasteiger partial charge in [0.05, 0.1) is 11.3 Å². The highest BCUT2D eigenvalue weighted by Gasteiger charge is 2.37. The van der Waals surface area contributed by atoms with Gasteiger partial charge in [0.2, 0.25) is 11.8 Å². The molecule has 1 aliphatic rings. The Morgan fingerprint density at radius 1 is 1.72 bits per heavy atom. The molecule has 0 bridgehead atoms. The van der Waals surface area contributed by atoms with Crippen LogP contribution in [-0.4, -0.2) is 33.5 Å². The Labute approximate surface area is 109 Å². The Morgan fingerprint density at radius 2 is 2.50 bits per heavy atom. The number of hydrogen-bond acceptors (Lipinski definition) is 5. The maximum atomic E-state index is 11.9. The van der Waals surface area contributed by atoms with Gasteiger partial charge in [0.25, 0.3) is 0 Å². The monoisotopic (exact) mass is 269 g/mol. The number of carbonyl (C=O) groups is 2. The zero-order valence-corrected chi connectivity index (χ0v) is 11.0. The van der Waals surface area contributed by atoms with Crippen LogP contribution in [0.15, 0.2) is 16.9 Å². The second-order valence-corrected chi connectivity index (χ2v) is 6.20. The minimum absolute atomic E-state index is 0.111. The predicted octanol–water partition coefficient (Wildman–Crippen LogP) is 0.301. The van der Waals surface area contributed by atoms with E-state index in [0.717, 1.165) is 0 Å². The number of aromatic nitrogens is 1. The molecule has 1 aromatic heterocycles. The van der Waals surface area contributed by atoms with Gasteiger partial charge in [0.1, 0.15) is 18.0 Å². The molecular weight excluding hydrogens is 254 g/mol. The molecule has 1 fully saturated rings. The highest BCUT2D eigenvalue weighted by molar-refractivity contribution is 8.01. The van der Waals surface area contributed by atoms with E-state index < -0.39 is 10.8 Å². The van der Waals surface area contributed by atoms with Crippen LogP contribution >= 0.6 is 11.8 Å². The number of thioether (sulfide) groups is 1. The molecule has 1 aromatic rings. The van der Waals surface area contributed by atoms with Crippen LogP contribution in [-0.2, 0) is 16.1 Å². The van der Waals surface area contributed by atoms with Crippen molar-refractivity contribution < 1.29 is 14.1 Å². The molecule has 6 nitrogen and oxygen atoms in total. The highest BCUT2D eigenvalue weighted by atomic mass is 32.2. The number of amides is 2. The molecule has 0 aliphatic carbocycles. The van der Waals surface area contributed by atoms with Crippen LogP contribution in [0.2, 0.25) is 0 Å². The number of rotatable bonds is 3. The topological polar surface area (TPSA) is 84.2 Å². The van der Waals surface area contributed by atoms with Crippen molar-refractivity contribution in [3.05, 3.63) is 18.0 Å². The van der Waals surface area contributed by atoms with E-state index in [-0.39, 0.29) is 11.8 Å². The zero-order valence-electron chi connectivity index (χ0n) is 10.2. The quantitative estimate of drug-likeness (QED) is 0.824. The van der Waals surface area contributed by atoms with E-state index in [1.165, 1.54) is 18.0 Å². The van der Waals surface area contributed by atoms with E-state index in [4.69, 9.17) is 0 Å². The summed E-state index contributed by atoms with van der Waals surface area (Å²) >= 11 is 1.48. The van der Waals surface area contributed by atoms with Crippen LogP contribution in [0, 0.1) is 0 Å². The van der Waals surface area contributed by atoms with Crippen LogP contribution in [0.3, 0.4) is 0 Å². The Bertz CT molecular complexity index is 444. The van der Waals surface area contributed by atoms with Gasteiger partial charge in [-0.2, -0.15) is 0 Å². The summed E-state index contributed by atoms with van der Waals surface area (Å²) < 4.78 is 4.19. The van der Waals surface area contributed by atoms with Crippen LogP contribution in [0.25, 0.3) is 0 Å². The summed E-state index contributed by atoms with van der Waals surface area (Å²) in [4.78, 5) is 23.6. The zero-order chi connectivity index (χ0) is 13.2. The summed E-state index contributed by atoms with van der Waals surface area (Å²) in [5.41, 5.74) is 0.651. The summed E-state index contributed by atoms with van der Waals surface area (Å²) in [5, 5.41) is 9.12. The van der Waals surface area contributed by atoms with Crippen molar-refractivity contribution in [1.82, 2.24) is 15.8 Å². The van der Waals surface area contributed by atoms with E-state index in [2.05, 4.69) is 20.3 Å². The lowest BCUT2D eigenvalue weighted by Crippen LogP contribution is -2.57. The van der Waals surface area contributed by atoms with Crippen molar-refractivity contribution >= 4 is 23.6 Å². The normalized spacial score (nSPS) is 22.3. The van der Waals surface area contributed by atoms with Gasteiger partial charge < -0.3 is 15.2 Å². The van der Waals surface area contributed by atoms with Crippen molar-refractivity contribution in [3.63, 3.8) is 0 Å². The molecule has 2 rings (SSSR count). The van der Waals surface area contributed by atoms with Gasteiger partial charge in [0.15, 0.2) is 0 Å². The van der Waals surface area contributed by atoms with Crippen molar-refractivity contribution in [2.75, 3.05) is 5.75 Å². The van der Waals surface area contributed by atoms with Gasteiger partial charge in [0, 0.05) is 11.8 Å². The van der Waals surface area contributed by atoms with Crippen molar-refractivity contribution in [3.8, 4) is 0 Å². The fourth-order valence-corrected chi connectivity index (χ4v) is 2.51. The molecule has 18 heavy (non-hydrogen) atoms. The summed E-state index contributed by atoms with van der Waals surface area (Å²) in [6, 6.07) is 1.19. The molecule has 2 N–H and O–H groups in total. The van der Waals surface area contributed by atoms with Crippen molar-refractivity contribution in [2.45, 2.75) is 31.2 Å². The molecule has 1 saturated heterocycles. The van der Waals surface area contributed by atoms with Gasteiger partial charge in [-0.05, 0) is 13.8 Å². The third-order valence-electron chi connectivity index (χ3n) is 2.71. The molecule has 1 aliphatic heterocycles. The average molecular weight is 269 g/mol. The molecule has 2 heterocycles. The van der Waals surface area contributed by atoms with Crippen LogP contribution in [0.1, 0.15) is 19.5 Å². The molecule has 0 radical (unpaired) electrons. The maximum absolute atomic E-state index is 11.9. The molecule has 0 spiro atoms. The van der Waals surface area contributed by atoms with Gasteiger partial charge >= 0.3 is 0 Å². The Balaban J connectivity index is 1.85. The van der Waals surface area contributed by atoms with E-state index in [1.54, 1.807) is 6.07 Å². The Morgan fingerprint density at radius 3 is 3.11 bits per heavy atom. The van der Waals surface area contributed by atoms with Gasteiger partial charge in [-0.25, -0.2) is 0 Å². The maximum Gasteiger partial charge on any atom is 0.243 e. The number of carbonyl (C=O) groups excluding carboxylic acids is 2. The van der Waals surface area contributed by atoms with E-state index in [1.807, 2.05) is 13.8 Å². The average Bonchev–Trinajstić information content (AvgIpc) is 2.82. The second-order valence-electron chi connectivity index (χ2n) is 4.56. The van der Waals surface area contributed by atoms with Crippen molar-refractivity contribution in [2.24, 2.45) is 0 Å². The first-order valence-corrected chi connectivity index (χ1v) is 6.59. The van der Waals surface area contributed by atoms with E-state index >= 15 is 0 Å². The lowest BCUT2D eigenvalue weighted by molar-refractivity contribution is -0.129. The molecule has 1 atom stereocenters. The van der Waals surface area contributed by atoms with Crippen LogP contribution < -0.4 is 10.6 Å². The van der Waals surface area contributed by atoms with E-state index in [0.29, 0.717) is 18.0 Å².